The zero-order valence-corrected chi connectivity index (χ0v) is 14.4. The van der Waals surface area contributed by atoms with Gasteiger partial charge in [-0.3, -0.25) is 0 Å². The molecule has 6 rings (SSSR count). The Kier molecular flexibility index (Phi) is 3.10. The predicted octanol–water partition coefficient (Wildman–Crippen LogP) is 3.36. The van der Waals surface area contributed by atoms with Gasteiger partial charge in [-0.1, -0.05) is 0 Å². The van der Waals surface area contributed by atoms with Gasteiger partial charge in [-0.15, -0.1) is 11.3 Å². The maximum Gasteiger partial charge on any atom is 0.185 e. The molecule has 1 saturated heterocycles. The van der Waals surface area contributed by atoms with Gasteiger partial charge in [0, 0.05) is 37.0 Å². The molecule has 1 aliphatic heterocycles. The van der Waals surface area contributed by atoms with Crippen LogP contribution >= 0.6 is 11.3 Å². The molecule has 0 atom stereocenters. The van der Waals surface area contributed by atoms with Gasteiger partial charge in [-0.2, -0.15) is 0 Å². The minimum absolute atomic E-state index is 0.468. The van der Waals surface area contributed by atoms with E-state index in [9.17, 15) is 0 Å². The zero-order chi connectivity index (χ0) is 14.7. The number of anilines is 1. The van der Waals surface area contributed by atoms with Crippen molar-refractivity contribution in [3.8, 4) is 0 Å². The van der Waals surface area contributed by atoms with Crippen LogP contribution in [0.5, 0.6) is 0 Å². The molecule has 1 aromatic heterocycles. The van der Waals surface area contributed by atoms with Gasteiger partial charge in [0.2, 0.25) is 0 Å². The average Bonchev–Trinajstić information content (AvgIpc) is 2.97. The molecule has 4 saturated carbocycles. The molecule has 120 valence electrons. The number of thiazole rings is 1. The van der Waals surface area contributed by atoms with Gasteiger partial charge in [0.1, 0.15) is 0 Å². The summed E-state index contributed by atoms with van der Waals surface area (Å²) in [6, 6.07) is 0. The van der Waals surface area contributed by atoms with Crippen molar-refractivity contribution in [2.24, 2.45) is 17.8 Å². The van der Waals surface area contributed by atoms with E-state index in [1.165, 1.54) is 62.4 Å². The van der Waals surface area contributed by atoms with Crippen molar-refractivity contribution < 1.29 is 0 Å². The first-order valence-electron chi connectivity index (χ1n) is 9.10. The number of hydrogen-bond acceptors (Lipinski definition) is 4. The Morgan fingerprint density at radius 3 is 2.18 bits per heavy atom. The van der Waals surface area contributed by atoms with Crippen molar-refractivity contribution in [2.45, 2.75) is 43.9 Å². The minimum atomic E-state index is 0.468. The van der Waals surface area contributed by atoms with Crippen LogP contribution in [0.1, 0.15) is 44.2 Å². The lowest BCUT2D eigenvalue weighted by Gasteiger charge is -2.56. The molecule has 3 nitrogen and oxygen atoms in total. The van der Waals surface area contributed by atoms with E-state index in [1.54, 1.807) is 0 Å². The maximum absolute atomic E-state index is 5.17. The molecule has 0 spiro atoms. The molecule has 0 aromatic carbocycles. The Hall–Kier alpha value is -0.610. The fourth-order valence-corrected chi connectivity index (χ4v) is 7.08. The van der Waals surface area contributed by atoms with E-state index >= 15 is 0 Å². The van der Waals surface area contributed by atoms with Crippen molar-refractivity contribution in [2.75, 3.05) is 38.1 Å². The molecule has 2 heterocycles. The summed E-state index contributed by atoms with van der Waals surface area (Å²) >= 11 is 1.90. The van der Waals surface area contributed by atoms with Crippen LogP contribution in [0.4, 0.5) is 5.13 Å². The number of rotatable bonds is 2. The molecule has 5 aliphatic rings. The summed E-state index contributed by atoms with van der Waals surface area (Å²) in [5, 5.41) is 3.71. The van der Waals surface area contributed by atoms with Gasteiger partial charge >= 0.3 is 0 Å². The van der Waals surface area contributed by atoms with Crippen LogP contribution in [0.2, 0.25) is 0 Å². The summed E-state index contributed by atoms with van der Waals surface area (Å²) in [4.78, 5) is 10.1. The first kappa shape index (κ1) is 13.8. The third kappa shape index (κ3) is 2.14. The van der Waals surface area contributed by atoms with E-state index in [0.717, 1.165) is 30.8 Å². The first-order chi connectivity index (χ1) is 10.7. The van der Waals surface area contributed by atoms with Gasteiger partial charge in [-0.25, -0.2) is 4.98 Å². The van der Waals surface area contributed by atoms with Gasteiger partial charge < -0.3 is 9.80 Å². The van der Waals surface area contributed by atoms with Crippen LogP contribution in [0.3, 0.4) is 0 Å². The molecular weight excluding hydrogens is 290 g/mol. The van der Waals surface area contributed by atoms with Crippen LogP contribution in [0, 0.1) is 17.8 Å². The fourth-order valence-electron chi connectivity index (χ4n) is 6.08. The third-order valence-electron chi connectivity index (χ3n) is 6.85. The van der Waals surface area contributed by atoms with Gasteiger partial charge in [-0.05, 0) is 63.3 Å². The Balaban J connectivity index is 1.40. The zero-order valence-electron chi connectivity index (χ0n) is 13.6. The summed E-state index contributed by atoms with van der Waals surface area (Å²) in [5.41, 5.74) is 1.93. The molecule has 0 unspecified atom stereocenters. The molecule has 0 amide bonds. The molecule has 4 heteroatoms. The standard InChI is InChI=1S/C18H27N3S/c1-20-2-4-21(5-3-20)17-19-16(12-22-17)18-9-13-6-14(10-18)8-15(7-13)11-18/h12-15H,2-11H2,1H3. The molecule has 5 fully saturated rings. The van der Waals surface area contributed by atoms with E-state index in [2.05, 4.69) is 22.2 Å². The highest BCUT2D eigenvalue weighted by molar-refractivity contribution is 7.13. The quantitative estimate of drug-likeness (QED) is 0.834. The van der Waals surface area contributed by atoms with Crippen molar-refractivity contribution in [1.82, 2.24) is 9.88 Å². The summed E-state index contributed by atoms with van der Waals surface area (Å²) in [6.07, 6.45) is 8.87. The Morgan fingerprint density at radius 2 is 1.59 bits per heavy atom. The van der Waals surface area contributed by atoms with E-state index in [-0.39, 0.29) is 0 Å². The normalized spacial score (nSPS) is 41.3. The number of piperazine rings is 1. The SMILES string of the molecule is CN1CCN(c2nc(C34CC5CC(CC(C5)C3)C4)cs2)CC1. The van der Waals surface area contributed by atoms with E-state index in [0.29, 0.717) is 5.41 Å². The number of nitrogens with zero attached hydrogens (tertiary/aromatic N) is 3. The first-order valence-corrected chi connectivity index (χ1v) is 9.98. The second-order valence-corrected chi connectivity index (χ2v) is 9.34. The van der Waals surface area contributed by atoms with Crippen molar-refractivity contribution in [3.63, 3.8) is 0 Å². The second kappa shape index (κ2) is 4.94. The van der Waals surface area contributed by atoms with Gasteiger partial charge in [0.05, 0.1) is 5.69 Å². The van der Waals surface area contributed by atoms with Crippen LogP contribution in [-0.2, 0) is 5.41 Å². The molecule has 4 bridgehead atoms. The Morgan fingerprint density at radius 1 is 1.00 bits per heavy atom. The lowest BCUT2D eigenvalue weighted by atomic mass is 9.49. The van der Waals surface area contributed by atoms with Crippen LogP contribution in [0.15, 0.2) is 5.38 Å². The Bertz CT molecular complexity index is 523. The monoisotopic (exact) mass is 317 g/mol. The third-order valence-corrected chi connectivity index (χ3v) is 7.75. The number of hydrogen-bond donors (Lipinski definition) is 0. The maximum atomic E-state index is 5.17. The van der Waals surface area contributed by atoms with Crippen molar-refractivity contribution >= 4 is 16.5 Å². The van der Waals surface area contributed by atoms with Crippen molar-refractivity contribution in [3.05, 3.63) is 11.1 Å². The van der Waals surface area contributed by atoms with Gasteiger partial charge in [0.15, 0.2) is 5.13 Å². The lowest BCUT2D eigenvalue weighted by molar-refractivity contribution is -0.00690. The summed E-state index contributed by atoms with van der Waals surface area (Å²) in [6.45, 7) is 4.63. The average molecular weight is 318 g/mol. The molecule has 22 heavy (non-hydrogen) atoms. The van der Waals surface area contributed by atoms with E-state index in [4.69, 9.17) is 4.98 Å². The summed E-state index contributed by atoms with van der Waals surface area (Å²) in [7, 11) is 2.22. The summed E-state index contributed by atoms with van der Waals surface area (Å²) < 4.78 is 0. The smallest absolute Gasteiger partial charge is 0.185 e. The second-order valence-electron chi connectivity index (χ2n) is 8.50. The molecule has 0 N–H and O–H groups in total. The molecular formula is C18H27N3S. The summed E-state index contributed by atoms with van der Waals surface area (Å²) in [5.74, 6) is 3.04. The predicted molar refractivity (Wildman–Crippen MR) is 91.7 cm³/mol. The largest absolute Gasteiger partial charge is 0.346 e. The molecule has 1 aromatic rings. The fraction of sp³-hybridized carbons (Fsp3) is 0.833. The Labute approximate surface area is 137 Å². The highest BCUT2D eigenvalue weighted by Crippen LogP contribution is 2.60. The van der Waals surface area contributed by atoms with Gasteiger partial charge in [0.25, 0.3) is 0 Å². The lowest BCUT2D eigenvalue weighted by Crippen LogP contribution is -2.48. The van der Waals surface area contributed by atoms with E-state index in [1.807, 2.05) is 11.3 Å². The van der Waals surface area contributed by atoms with Crippen LogP contribution < -0.4 is 4.90 Å². The molecule has 4 aliphatic carbocycles. The van der Waals surface area contributed by atoms with E-state index < -0.39 is 0 Å². The number of likely N-dealkylation sites (N-methyl/N-ethyl adjacent to an activating group) is 1. The van der Waals surface area contributed by atoms with Crippen LogP contribution in [0.25, 0.3) is 0 Å². The highest BCUT2D eigenvalue weighted by atomic mass is 32.1. The number of aromatic nitrogens is 1. The van der Waals surface area contributed by atoms with Crippen LogP contribution in [-0.4, -0.2) is 43.1 Å². The topological polar surface area (TPSA) is 19.4 Å². The molecule has 0 radical (unpaired) electrons. The van der Waals surface area contributed by atoms with Crippen molar-refractivity contribution in [1.29, 1.82) is 0 Å². The minimum Gasteiger partial charge on any atom is -0.346 e. The highest BCUT2D eigenvalue weighted by Gasteiger charge is 2.52.